The summed E-state index contributed by atoms with van der Waals surface area (Å²) in [5, 5.41) is 4.52. The summed E-state index contributed by atoms with van der Waals surface area (Å²) in [6, 6.07) is 0.344. The molecule has 1 aliphatic rings. The van der Waals surface area contributed by atoms with Gasteiger partial charge in [-0.1, -0.05) is 25.6 Å². The Kier molecular flexibility index (Phi) is 6.34. The molecule has 1 heterocycles. The van der Waals surface area contributed by atoms with Gasteiger partial charge in [-0.05, 0) is 32.1 Å². The van der Waals surface area contributed by atoms with Gasteiger partial charge in [0.15, 0.2) is 5.17 Å². The molecule has 0 aliphatic carbocycles. The molecule has 4 heteroatoms. The summed E-state index contributed by atoms with van der Waals surface area (Å²) in [5.41, 5.74) is 0.430. The molecule has 1 N–H and O–H groups in total. The Morgan fingerprint density at radius 2 is 2.12 bits per heavy atom. The van der Waals surface area contributed by atoms with Crippen molar-refractivity contribution in [3.63, 3.8) is 0 Å². The molecule has 0 aromatic rings. The summed E-state index contributed by atoms with van der Waals surface area (Å²) < 4.78 is 5.39. The Morgan fingerprint density at radius 1 is 1.41 bits per heavy atom. The van der Waals surface area contributed by atoms with Crippen LogP contribution in [0.25, 0.3) is 0 Å². The van der Waals surface area contributed by atoms with E-state index in [0.717, 1.165) is 24.9 Å². The minimum absolute atomic E-state index is 0.344. The summed E-state index contributed by atoms with van der Waals surface area (Å²) in [6.45, 7) is 11.2. The molecular weight excluding hydrogens is 232 g/mol. The first-order valence-electron chi connectivity index (χ1n) is 6.67. The summed E-state index contributed by atoms with van der Waals surface area (Å²) in [6.07, 6.45) is 2.45. The third-order valence-electron chi connectivity index (χ3n) is 3.51. The number of rotatable bonds is 6. The quantitative estimate of drug-likeness (QED) is 0.795. The van der Waals surface area contributed by atoms with Gasteiger partial charge in [0, 0.05) is 24.9 Å². The minimum Gasteiger partial charge on any atom is -0.380 e. The van der Waals surface area contributed by atoms with Crippen LogP contribution in [-0.4, -0.2) is 36.7 Å². The van der Waals surface area contributed by atoms with Crippen LogP contribution in [0.3, 0.4) is 0 Å². The van der Waals surface area contributed by atoms with E-state index in [2.05, 4.69) is 31.1 Å². The molecule has 0 amide bonds. The second-order valence-electron chi connectivity index (χ2n) is 4.82. The highest BCUT2D eigenvalue weighted by atomic mass is 32.2. The zero-order valence-electron chi connectivity index (χ0n) is 11.6. The molecule has 0 saturated heterocycles. The number of hydrogen-bond acceptors (Lipinski definition) is 4. The smallest absolute Gasteiger partial charge is 0.156 e. The number of ether oxygens (including phenoxy) is 1. The van der Waals surface area contributed by atoms with Crippen LogP contribution in [-0.2, 0) is 4.74 Å². The fourth-order valence-electron chi connectivity index (χ4n) is 1.86. The first-order valence-corrected chi connectivity index (χ1v) is 7.66. The summed E-state index contributed by atoms with van der Waals surface area (Å²) in [7, 11) is 0. The highest BCUT2D eigenvalue weighted by Gasteiger charge is 2.30. The predicted octanol–water partition coefficient (Wildman–Crippen LogP) is 2.91. The van der Waals surface area contributed by atoms with Crippen molar-refractivity contribution in [2.45, 2.75) is 46.6 Å². The lowest BCUT2D eigenvalue weighted by atomic mass is 9.84. The molecule has 100 valence electrons. The molecule has 0 aromatic carbocycles. The second kappa shape index (κ2) is 7.27. The van der Waals surface area contributed by atoms with Gasteiger partial charge < -0.3 is 10.1 Å². The van der Waals surface area contributed by atoms with Crippen molar-refractivity contribution in [2.75, 3.05) is 25.5 Å². The van der Waals surface area contributed by atoms with Gasteiger partial charge in [-0.25, -0.2) is 0 Å². The van der Waals surface area contributed by atoms with E-state index in [1.807, 2.05) is 18.7 Å². The molecule has 1 unspecified atom stereocenters. The molecule has 0 bridgehead atoms. The van der Waals surface area contributed by atoms with E-state index in [0.29, 0.717) is 11.5 Å². The molecular formula is C13H26N2OS. The van der Waals surface area contributed by atoms with Gasteiger partial charge in [0.1, 0.15) is 0 Å². The van der Waals surface area contributed by atoms with Crippen LogP contribution in [0.4, 0.5) is 0 Å². The number of nitrogens with zero attached hydrogens (tertiary/aromatic N) is 1. The van der Waals surface area contributed by atoms with Crippen LogP contribution < -0.4 is 5.32 Å². The van der Waals surface area contributed by atoms with Crippen molar-refractivity contribution in [1.29, 1.82) is 0 Å². The summed E-state index contributed by atoms with van der Waals surface area (Å²) in [5.74, 6) is 1.19. The van der Waals surface area contributed by atoms with Crippen LogP contribution in [0.15, 0.2) is 4.99 Å². The molecule has 1 atom stereocenters. The van der Waals surface area contributed by atoms with Gasteiger partial charge in [0.05, 0.1) is 6.61 Å². The molecule has 3 nitrogen and oxygen atoms in total. The fraction of sp³-hybridized carbons (Fsp3) is 0.923. The molecule has 17 heavy (non-hydrogen) atoms. The zero-order chi connectivity index (χ0) is 12.7. The van der Waals surface area contributed by atoms with E-state index in [9.17, 15) is 0 Å². The molecule has 1 aliphatic heterocycles. The maximum absolute atomic E-state index is 5.39. The maximum Gasteiger partial charge on any atom is 0.156 e. The Labute approximate surface area is 110 Å². The maximum atomic E-state index is 5.39. The summed E-state index contributed by atoms with van der Waals surface area (Å²) in [4.78, 5) is 4.69. The fourth-order valence-corrected chi connectivity index (χ4v) is 3.25. The Hall–Kier alpha value is -0.220. The minimum atomic E-state index is 0.344. The first kappa shape index (κ1) is 14.8. The number of aliphatic imine (C=N–C) groups is 1. The van der Waals surface area contributed by atoms with Crippen molar-refractivity contribution in [3.05, 3.63) is 0 Å². The Bertz CT molecular complexity index is 252. The van der Waals surface area contributed by atoms with Crippen LogP contribution in [0, 0.1) is 5.41 Å². The monoisotopic (exact) mass is 258 g/mol. The summed E-state index contributed by atoms with van der Waals surface area (Å²) >= 11 is 1.86. The second-order valence-corrected chi connectivity index (χ2v) is 5.79. The van der Waals surface area contributed by atoms with E-state index in [1.54, 1.807) is 0 Å². The standard InChI is InChI=1S/C13H26N2OS/c1-5-13(6-2)9-14-12(17-10-13)15-11(4)8-16-7-3/h11H,5-10H2,1-4H3,(H,14,15). The van der Waals surface area contributed by atoms with Gasteiger partial charge in [0.2, 0.25) is 0 Å². The zero-order valence-corrected chi connectivity index (χ0v) is 12.4. The van der Waals surface area contributed by atoms with Gasteiger partial charge in [-0.3, -0.25) is 4.99 Å². The lowest BCUT2D eigenvalue weighted by Crippen LogP contribution is -2.39. The Morgan fingerprint density at radius 3 is 2.59 bits per heavy atom. The number of nitrogens with one attached hydrogen (secondary N) is 1. The van der Waals surface area contributed by atoms with Crippen LogP contribution in [0.2, 0.25) is 0 Å². The first-order chi connectivity index (χ1) is 8.15. The lowest BCUT2D eigenvalue weighted by Gasteiger charge is -2.34. The van der Waals surface area contributed by atoms with Gasteiger partial charge in [-0.2, -0.15) is 0 Å². The van der Waals surface area contributed by atoms with Crippen molar-refractivity contribution in [1.82, 2.24) is 5.32 Å². The van der Waals surface area contributed by atoms with Crippen LogP contribution in [0.1, 0.15) is 40.5 Å². The van der Waals surface area contributed by atoms with Crippen molar-refractivity contribution >= 4 is 16.9 Å². The SMILES string of the molecule is CCOCC(C)NC1=NCC(CC)(CC)CS1. The molecule has 1 rings (SSSR count). The van der Waals surface area contributed by atoms with E-state index >= 15 is 0 Å². The highest BCUT2D eigenvalue weighted by molar-refractivity contribution is 8.13. The van der Waals surface area contributed by atoms with Crippen molar-refractivity contribution < 1.29 is 4.74 Å². The van der Waals surface area contributed by atoms with Gasteiger partial charge in [-0.15, -0.1) is 0 Å². The predicted molar refractivity (Wildman–Crippen MR) is 76.9 cm³/mol. The molecule has 0 fully saturated rings. The largest absolute Gasteiger partial charge is 0.380 e. The van der Waals surface area contributed by atoms with E-state index in [4.69, 9.17) is 4.74 Å². The molecule has 0 spiro atoms. The van der Waals surface area contributed by atoms with Crippen LogP contribution in [0.5, 0.6) is 0 Å². The highest BCUT2D eigenvalue weighted by Crippen LogP contribution is 2.34. The van der Waals surface area contributed by atoms with E-state index < -0.39 is 0 Å². The van der Waals surface area contributed by atoms with Gasteiger partial charge >= 0.3 is 0 Å². The average molecular weight is 258 g/mol. The van der Waals surface area contributed by atoms with Crippen molar-refractivity contribution in [2.24, 2.45) is 10.4 Å². The number of hydrogen-bond donors (Lipinski definition) is 1. The van der Waals surface area contributed by atoms with E-state index in [1.165, 1.54) is 18.6 Å². The lowest BCUT2D eigenvalue weighted by molar-refractivity contribution is 0.132. The molecule has 0 aromatic heterocycles. The third-order valence-corrected chi connectivity index (χ3v) is 4.79. The number of thioether (sulfide) groups is 1. The topological polar surface area (TPSA) is 33.6 Å². The molecule has 0 saturated carbocycles. The molecule has 0 radical (unpaired) electrons. The van der Waals surface area contributed by atoms with E-state index in [-0.39, 0.29) is 0 Å². The van der Waals surface area contributed by atoms with Crippen molar-refractivity contribution in [3.8, 4) is 0 Å². The number of amidine groups is 1. The average Bonchev–Trinajstić information content (AvgIpc) is 2.38. The third kappa shape index (κ3) is 4.51. The normalized spacial score (nSPS) is 20.8. The van der Waals surface area contributed by atoms with Gasteiger partial charge in [0.25, 0.3) is 0 Å². The Balaban J connectivity index is 2.40. The van der Waals surface area contributed by atoms with Crippen LogP contribution >= 0.6 is 11.8 Å².